The van der Waals surface area contributed by atoms with Crippen LogP contribution in [-0.4, -0.2) is 49.0 Å². The maximum atomic E-state index is 13.8. The zero-order valence-corrected chi connectivity index (χ0v) is 10.9. The van der Waals surface area contributed by atoms with Crippen molar-refractivity contribution in [3.8, 4) is 0 Å². The number of nitro groups is 1. The van der Waals surface area contributed by atoms with Gasteiger partial charge in [0.15, 0.2) is 0 Å². The summed E-state index contributed by atoms with van der Waals surface area (Å²) in [5.41, 5.74) is -0.112. The number of hydrogen-bond acceptors (Lipinski definition) is 4. The van der Waals surface area contributed by atoms with Crippen LogP contribution in [0.2, 0.25) is 0 Å². The molecule has 0 aliphatic heterocycles. The Morgan fingerprint density at radius 3 is 2.50 bits per heavy atom. The van der Waals surface area contributed by atoms with Crippen LogP contribution in [0.4, 0.5) is 10.1 Å². The molecular formula is C12H18FN3O2. The van der Waals surface area contributed by atoms with E-state index in [2.05, 4.69) is 0 Å². The van der Waals surface area contributed by atoms with Crippen LogP contribution in [-0.2, 0) is 6.54 Å². The second kappa shape index (κ2) is 6.42. The van der Waals surface area contributed by atoms with Gasteiger partial charge in [-0.2, -0.15) is 4.39 Å². The van der Waals surface area contributed by atoms with Gasteiger partial charge in [-0.15, -0.1) is 0 Å². The first-order valence-electron chi connectivity index (χ1n) is 5.67. The molecule has 100 valence electrons. The Balaban J connectivity index is 2.73. The van der Waals surface area contributed by atoms with Crippen molar-refractivity contribution in [2.75, 3.05) is 34.2 Å². The molecule has 1 aromatic rings. The van der Waals surface area contributed by atoms with Crippen molar-refractivity contribution >= 4 is 5.69 Å². The van der Waals surface area contributed by atoms with E-state index in [-0.39, 0.29) is 0 Å². The molecule has 0 aliphatic rings. The first-order valence-corrected chi connectivity index (χ1v) is 5.67. The lowest BCUT2D eigenvalue weighted by Crippen LogP contribution is -2.28. The largest absolute Gasteiger partial charge is 0.308 e. The zero-order valence-electron chi connectivity index (χ0n) is 10.9. The Morgan fingerprint density at radius 2 is 1.94 bits per heavy atom. The highest BCUT2D eigenvalue weighted by molar-refractivity contribution is 5.36. The highest BCUT2D eigenvalue weighted by atomic mass is 19.1. The summed E-state index contributed by atoms with van der Waals surface area (Å²) in [5, 5.41) is 10.6. The molecule has 0 atom stereocenters. The van der Waals surface area contributed by atoms with Gasteiger partial charge in [-0.25, -0.2) is 0 Å². The van der Waals surface area contributed by atoms with Gasteiger partial charge in [-0.1, -0.05) is 12.1 Å². The van der Waals surface area contributed by atoms with E-state index < -0.39 is 16.4 Å². The van der Waals surface area contributed by atoms with Crippen molar-refractivity contribution in [2.45, 2.75) is 6.54 Å². The maximum absolute atomic E-state index is 13.8. The third kappa shape index (κ3) is 4.05. The molecule has 1 aromatic carbocycles. The molecular weight excluding hydrogens is 237 g/mol. The Morgan fingerprint density at radius 1 is 1.28 bits per heavy atom. The molecule has 18 heavy (non-hydrogen) atoms. The maximum Gasteiger partial charge on any atom is 0.305 e. The third-order valence-corrected chi connectivity index (χ3v) is 2.62. The smallest absolute Gasteiger partial charge is 0.305 e. The van der Waals surface area contributed by atoms with E-state index in [4.69, 9.17) is 0 Å². The average molecular weight is 255 g/mol. The lowest BCUT2D eigenvalue weighted by Gasteiger charge is -2.19. The first-order chi connectivity index (χ1) is 8.41. The summed E-state index contributed by atoms with van der Waals surface area (Å²) in [4.78, 5) is 13.9. The number of benzene rings is 1. The molecule has 0 unspecified atom stereocenters. The van der Waals surface area contributed by atoms with Gasteiger partial charge < -0.3 is 9.80 Å². The number of nitrogens with zero attached hydrogens (tertiary/aromatic N) is 3. The van der Waals surface area contributed by atoms with Gasteiger partial charge in [0, 0.05) is 31.3 Å². The van der Waals surface area contributed by atoms with E-state index >= 15 is 0 Å². The second-order valence-corrected chi connectivity index (χ2v) is 4.55. The van der Waals surface area contributed by atoms with Gasteiger partial charge in [-0.05, 0) is 21.1 Å². The predicted octanol–water partition coefficient (Wildman–Crippen LogP) is 1.73. The van der Waals surface area contributed by atoms with E-state index in [0.29, 0.717) is 12.1 Å². The topological polar surface area (TPSA) is 49.6 Å². The van der Waals surface area contributed by atoms with Gasteiger partial charge in [-0.3, -0.25) is 10.1 Å². The van der Waals surface area contributed by atoms with Crippen molar-refractivity contribution < 1.29 is 9.31 Å². The van der Waals surface area contributed by atoms with Crippen molar-refractivity contribution in [3.05, 3.63) is 39.7 Å². The SMILES string of the molecule is CN(C)CCN(C)Cc1cccc([N+](=O)[O-])c1F. The van der Waals surface area contributed by atoms with E-state index in [1.165, 1.54) is 12.1 Å². The second-order valence-electron chi connectivity index (χ2n) is 4.55. The molecule has 5 nitrogen and oxygen atoms in total. The van der Waals surface area contributed by atoms with Gasteiger partial charge in [0.25, 0.3) is 0 Å². The first kappa shape index (κ1) is 14.5. The number of halogens is 1. The summed E-state index contributed by atoms with van der Waals surface area (Å²) in [6.07, 6.45) is 0. The highest BCUT2D eigenvalue weighted by Crippen LogP contribution is 2.20. The minimum absolute atomic E-state index is 0.352. The molecule has 0 amide bonds. The predicted molar refractivity (Wildman–Crippen MR) is 67.9 cm³/mol. The molecule has 0 saturated heterocycles. The van der Waals surface area contributed by atoms with E-state index in [0.717, 1.165) is 13.1 Å². The summed E-state index contributed by atoms with van der Waals surface area (Å²) < 4.78 is 13.8. The quantitative estimate of drug-likeness (QED) is 0.573. The molecule has 0 heterocycles. The number of rotatable bonds is 6. The van der Waals surface area contributed by atoms with Crippen molar-refractivity contribution in [1.82, 2.24) is 9.80 Å². The van der Waals surface area contributed by atoms with Crippen LogP contribution in [0, 0.1) is 15.9 Å². The molecule has 6 heteroatoms. The highest BCUT2D eigenvalue weighted by Gasteiger charge is 2.17. The fourth-order valence-corrected chi connectivity index (χ4v) is 1.57. The van der Waals surface area contributed by atoms with Crippen LogP contribution in [0.1, 0.15) is 5.56 Å². The molecule has 0 fully saturated rings. The average Bonchev–Trinajstić information content (AvgIpc) is 2.29. The lowest BCUT2D eigenvalue weighted by atomic mass is 10.1. The fourth-order valence-electron chi connectivity index (χ4n) is 1.57. The van der Waals surface area contributed by atoms with E-state index in [9.17, 15) is 14.5 Å². The molecule has 0 radical (unpaired) electrons. The zero-order chi connectivity index (χ0) is 13.7. The molecule has 0 bridgehead atoms. The number of hydrogen-bond donors (Lipinski definition) is 0. The van der Waals surface area contributed by atoms with Crippen LogP contribution in [0.15, 0.2) is 18.2 Å². The van der Waals surface area contributed by atoms with Crippen molar-refractivity contribution in [1.29, 1.82) is 0 Å². The van der Waals surface area contributed by atoms with Gasteiger partial charge >= 0.3 is 5.69 Å². The van der Waals surface area contributed by atoms with Crippen molar-refractivity contribution in [3.63, 3.8) is 0 Å². The molecule has 0 N–H and O–H groups in total. The van der Waals surface area contributed by atoms with Crippen LogP contribution >= 0.6 is 0 Å². The Kier molecular flexibility index (Phi) is 5.18. The Hall–Kier alpha value is -1.53. The lowest BCUT2D eigenvalue weighted by molar-refractivity contribution is -0.387. The van der Waals surface area contributed by atoms with Gasteiger partial charge in [0.2, 0.25) is 5.82 Å². The van der Waals surface area contributed by atoms with Gasteiger partial charge in [0.05, 0.1) is 4.92 Å². The third-order valence-electron chi connectivity index (χ3n) is 2.62. The molecule has 0 aliphatic carbocycles. The van der Waals surface area contributed by atoms with Crippen LogP contribution in [0.3, 0.4) is 0 Å². The fraction of sp³-hybridized carbons (Fsp3) is 0.500. The minimum Gasteiger partial charge on any atom is -0.308 e. The number of likely N-dealkylation sites (N-methyl/N-ethyl adjacent to an activating group) is 2. The van der Waals surface area contributed by atoms with Crippen LogP contribution < -0.4 is 0 Å². The molecule has 0 aromatic heterocycles. The Bertz CT molecular complexity index is 424. The number of nitro benzene ring substituents is 1. The Labute approximate surface area is 106 Å². The molecule has 0 saturated carbocycles. The van der Waals surface area contributed by atoms with E-state index in [1.807, 2.05) is 30.9 Å². The monoisotopic (exact) mass is 255 g/mol. The molecule has 1 rings (SSSR count). The summed E-state index contributed by atoms with van der Waals surface area (Å²) in [7, 11) is 5.78. The summed E-state index contributed by atoms with van der Waals surface area (Å²) in [6.45, 7) is 1.99. The van der Waals surface area contributed by atoms with Crippen LogP contribution in [0.5, 0.6) is 0 Å². The summed E-state index contributed by atoms with van der Waals surface area (Å²) in [6, 6.07) is 4.27. The molecule has 0 spiro atoms. The standard InChI is InChI=1S/C12H18FN3O2/c1-14(2)7-8-15(3)9-10-5-4-6-11(12(10)13)16(17)18/h4-6H,7-9H2,1-3H3. The normalized spacial score (nSPS) is 11.2. The van der Waals surface area contributed by atoms with Crippen LogP contribution in [0.25, 0.3) is 0 Å². The minimum atomic E-state index is -0.737. The van der Waals surface area contributed by atoms with Crippen molar-refractivity contribution in [2.24, 2.45) is 0 Å². The summed E-state index contributed by atoms with van der Waals surface area (Å²) in [5.74, 6) is -0.737. The summed E-state index contributed by atoms with van der Waals surface area (Å²) >= 11 is 0. The van der Waals surface area contributed by atoms with E-state index in [1.54, 1.807) is 6.07 Å². The van der Waals surface area contributed by atoms with Gasteiger partial charge in [0.1, 0.15) is 0 Å².